The molecule has 0 saturated heterocycles. The van der Waals surface area contributed by atoms with Crippen LogP contribution in [0.4, 0.5) is 10.1 Å². The van der Waals surface area contributed by atoms with Gasteiger partial charge in [-0.15, -0.1) is 0 Å². The van der Waals surface area contributed by atoms with Crippen molar-refractivity contribution in [2.24, 2.45) is 0 Å². The minimum Gasteiger partial charge on any atom is -0.399 e. The first-order valence-corrected chi connectivity index (χ1v) is 8.25. The molecule has 1 atom stereocenters. The van der Waals surface area contributed by atoms with Crippen molar-refractivity contribution in [3.63, 3.8) is 0 Å². The fraction of sp³-hybridized carbons (Fsp3) is 0.500. The number of anilines is 1. The van der Waals surface area contributed by atoms with E-state index in [0.29, 0.717) is 6.42 Å². The monoisotopic (exact) mass is 352 g/mol. The molecule has 0 radical (unpaired) electrons. The molecular formula is C12H18BrFN2O2S. The lowest BCUT2D eigenvalue weighted by molar-refractivity contribution is 0.340. The third kappa shape index (κ3) is 3.27. The zero-order valence-electron chi connectivity index (χ0n) is 11.2. The van der Waals surface area contributed by atoms with Crippen LogP contribution in [0.1, 0.15) is 27.2 Å². The summed E-state index contributed by atoms with van der Waals surface area (Å²) in [5.74, 6) is -0.809. The van der Waals surface area contributed by atoms with Crippen molar-refractivity contribution in [1.29, 1.82) is 0 Å². The fourth-order valence-corrected chi connectivity index (χ4v) is 4.27. The summed E-state index contributed by atoms with van der Waals surface area (Å²) in [6.45, 7) is 5.68. The zero-order valence-corrected chi connectivity index (χ0v) is 13.6. The topological polar surface area (TPSA) is 63.4 Å². The van der Waals surface area contributed by atoms with E-state index in [0.717, 1.165) is 6.07 Å². The molecule has 4 nitrogen and oxygen atoms in total. The highest BCUT2D eigenvalue weighted by Crippen LogP contribution is 2.29. The largest absolute Gasteiger partial charge is 0.399 e. The Kier molecular flexibility index (Phi) is 5.34. The average Bonchev–Trinajstić information content (AvgIpc) is 2.33. The van der Waals surface area contributed by atoms with Crippen LogP contribution >= 0.6 is 15.9 Å². The average molecular weight is 353 g/mol. The molecular weight excluding hydrogens is 335 g/mol. The van der Waals surface area contributed by atoms with Crippen LogP contribution in [-0.2, 0) is 10.0 Å². The van der Waals surface area contributed by atoms with E-state index in [1.165, 1.54) is 10.4 Å². The summed E-state index contributed by atoms with van der Waals surface area (Å²) in [5.41, 5.74) is 5.80. The highest BCUT2D eigenvalue weighted by Gasteiger charge is 2.30. The summed E-state index contributed by atoms with van der Waals surface area (Å²) in [6, 6.07) is 2.29. The van der Waals surface area contributed by atoms with Gasteiger partial charge >= 0.3 is 0 Å². The quantitative estimate of drug-likeness (QED) is 0.828. The van der Waals surface area contributed by atoms with Gasteiger partial charge in [-0.25, -0.2) is 12.8 Å². The maximum Gasteiger partial charge on any atom is 0.246 e. The van der Waals surface area contributed by atoms with Crippen molar-refractivity contribution in [1.82, 2.24) is 4.31 Å². The second-order valence-electron chi connectivity index (χ2n) is 4.28. The molecule has 0 aliphatic heterocycles. The van der Waals surface area contributed by atoms with E-state index in [1.807, 2.05) is 6.92 Å². The minimum absolute atomic E-state index is 0.0475. The van der Waals surface area contributed by atoms with E-state index in [2.05, 4.69) is 15.9 Å². The minimum atomic E-state index is -3.89. The second kappa shape index (κ2) is 6.19. The van der Waals surface area contributed by atoms with Gasteiger partial charge in [-0.2, -0.15) is 4.31 Å². The van der Waals surface area contributed by atoms with Crippen LogP contribution in [0.5, 0.6) is 0 Å². The number of halogens is 2. The predicted octanol–water partition coefficient (Wildman–Crippen LogP) is 2.98. The SMILES string of the molecule is CCC(C)N(CC)S(=O)(=O)c1cc(N)cc(Br)c1F. The second-order valence-corrected chi connectivity index (χ2v) is 6.99. The standard InChI is InChI=1S/C12H18BrFN2O2S/c1-4-8(3)16(5-2)19(17,18)11-7-9(15)6-10(13)12(11)14/h6-8H,4-5,15H2,1-3H3. The molecule has 0 fully saturated rings. The van der Waals surface area contributed by atoms with Gasteiger partial charge in [-0.3, -0.25) is 0 Å². The van der Waals surface area contributed by atoms with E-state index in [1.54, 1.807) is 13.8 Å². The molecule has 108 valence electrons. The fourth-order valence-electron chi connectivity index (χ4n) is 1.82. The van der Waals surface area contributed by atoms with Crippen LogP contribution in [0.2, 0.25) is 0 Å². The summed E-state index contributed by atoms with van der Waals surface area (Å²) < 4.78 is 40.4. The summed E-state index contributed by atoms with van der Waals surface area (Å²) >= 11 is 2.98. The molecule has 0 amide bonds. The lowest BCUT2D eigenvalue weighted by Gasteiger charge is -2.26. The van der Waals surface area contributed by atoms with Crippen LogP contribution in [0.3, 0.4) is 0 Å². The van der Waals surface area contributed by atoms with Gasteiger partial charge in [0.15, 0.2) is 5.82 Å². The van der Waals surface area contributed by atoms with Crippen molar-refractivity contribution in [3.8, 4) is 0 Å². The Morgan fingerprint density at radius 2 is 2.00 bits per heavy atom. The first-order valence-electron chi connectivity index (χ1n) is 6.02. The van der Waals surface area contributed by atoms with Gasteiger partial charge in [-0.05, 0) is 41.4 Å². The van der Waals surface area contributed by atoms with Gasteiger partial charge in [0.05, 0.1) is 4.47 Å². The Bertz CT molecular complexity index is 563. The van der Waals surface area contributed by atoms with Gasteiger partial charge < -0.3 is 5.73 Å². The van der Waals surface area contributed by atoms with Gasteiger partial charge in [0, 0.05) is 18.3 Å². The number of nitrogens with zero attached hydrogens (tertiary/aromatic N) is 1. The van der Waals surface area contributed by atoms with Crippen LogP contribution in [0.15, 0.2) is 21.5 Å². The van der Waals surface area contributed by atoms with Crippen LogP contribution in [0.25, 0.3) is 0 Å². The van der Waals surface area contributed by atoms with Crippen molar-refractivity contribution in [3.05, 3.63) is 22.4 Å². The molecule has 0 saturated carbocycles. The van der Waals surface area contributed by atoms with E-state index in [4.69, 9.17) is 5.73 Å². The highest BCUT2D eigenvalue weighted by atomic mass is 79.9. The highest BCUT2D eigenvalue weighted by molar-refractivity contribution is 9.10. The lowest BCUT2D eigenvalue weighted by atomic mass is 10.3. The van der Waals surface area contributed by atoms with E-state index in [-0.39, 0.29) is 27.6 Å². The molecule has 0 heterocycles. The third-order valence-corrected chi connectivity index (χ3v) is 5.66. The van der Waals surface area contributed by atoms with E-state index in [9.17, 15) is 12.8 Å². The molecule has 19 heavy (non-hydrogen) atoms. The summed E-state index contributed by atoms with van der Waals surface area (Å²) in [7, 11) is -3.89. The van der Waals surface area contributed by atoms with Crippen LogP contribution in [0, 0.1) is 5.82 Å². The molecule has 1 aromatic rings. The molecule has 0 aliphatic rings. The Morgan fingerprint density at radius 1 is 1.42 bits per heavy atom. The molecule has 0 bridgehead atoms. The van der Waals surface area contributed by atoms with Gasteiger partial charge in [0.2, 0.25) is 10.0 Å². The molecule has 1 unspecified atom stereocenters. The van der Waals surface area contributed by atoms with Crippen molar-refractivity contribution < 1.29 is 12.8 Å². The molecule has 1 aromatic carbocycles. The summed E-state index contributed by atoms with van der Waals surface area (Å²) in [5, 5.41) is 0. The summed E-state index contributed by atoms with van der Waals surface area (Å²) in [6.07, 6.45) is 0.651. The number of sulfonamides is 1. The first-order chi connectivity index (χ1) is 8.75. The smallest absolute Gasteiger partial charge is 0.246 e. The summed E-state index contributed by atoms with van der Waals surface area (Å²) in [4.78, 5) is -0.387. The van der Waals surface area contributed by atoms with E-state index < -0.39 is 15.8 Å². The first kappa shape index (κ1) is 16.4. The van der Waals surface area contributed by atoms with E-state index >= 15 is 0 Å². The molecule has 7 heteroatoms. The van der Waals surface area contributed by atoms with Gasteiger partial charge in [-0.1, -0.05) is 13.8 Å². The maximum atomic E-state index is 14.0. The predicted molar refractivity (Wildman–Crippen MR) is 77.8 cm³/mol. The van der Waals surface area contributed by atoms with Crippen LogP contribution in [-0.4, -0.2) is 25.3 Å². The normalized spacial score (nSPS) is 13.8. The van der Waals surface area contributed by atoms with Crippen molar-refractivity contribution in [2.75, 3.05) is 12.3 Å². The molecule has 0 spiro atoms. The number of benzene rings is 1. The number of nitrogens with two attached hydrogens (primary N) is 1. The molecule has 0 aliphatic carbocycles. The van der Waals surface area contributed by atoms with Gasteiger partial charge in [0.1, 0.15) is 4.90 Å². The lowest BCUT2D eigenvalue weighted by Crippen LogP contribution is -2.38. The number of rotatable bonds is 5. The van der Waals surface area contributed by atoms with Crippen LogP contribution < -0.4 is 5.73 Å². The Morgan fingerprint density at radius 3 is 2.47 bits per heavy atom. The molecule has 1 rings (SSSR count). The maximum absolute atomic E-state index is 14.0. The Labute approximate surface area is 122 Å². The molecule has 2 N–H and O–H groups in total. The number of hydrogen-bond donors (Lipinski definition) is 1. The van der Waals surface area contributed by atoms with Gasteiger partial charge in [0.25, 0.3) is 0 Å². The van der Waals surface area contributed by atoms with Crippen molar-refractivity contribution >= 4 is 31.6 Å². The Balaban J connectivity index is 3.42. The van der Waals surface area contributed by atoms with Crippen molar-refractivity contribution in [2.45, 2.75) is 38.1 Å². The Hall–Kier alpha value is -0.660. The number of hydrogen-bond acceptors (Lipinski definition) is 3. The third-order valence-electron chi connectivity index (χ3n) is 3.00. The zero-order chi connectivity index (χ0) is 14.8. The number of nitrogen functional groups attached to an aromatic ring is 1. The molecule has 0 aromatic heterocycles.